The highest BCUT2D eigenvalue weighted by molar-refractivity contribution is 5.94. The van der Waals surface area contributed by atoms with Gasteiger partial charge in [-0.05, 0) is 37.6 Å². The van der Waals surface area contributed by atoms with E-state index < -0.39 is 0 Å². The fraction of sp³-hybridized carbons (Fsp3) is 0.391. The number of aliphatic imine (C=N–C) groups is 1. The molecular weight excluding hydrogens is 380 g/mol. The second-order valence-electron chi connectivity index (χ2n) is 6.63. The molecule has 7 nitrogen and oxygen atoms in total. The van der Waals surface area contributed by atoms with E-state index in [1.807, 2.05) is 44.2 Å². The first-order valence-electron chi connectivity index (χ1n) is 10.2. The van der Waals surface area contributed by atoms with Crippen LogP contribution in [0, 0.1) is 6.92 Å². The van der Waals surface area contributed by atoms with Crippen LogP contribution in [0.2, 0.25) is 0 Å². The molecule has 2 rings (SSSR count). The van der Waals surface area contributed by atoms with Gasteiger partial charge in [-0.25, -0.2) is 0 Å². The van der Waals surface area contributed by atoms with Crippen molar-refractivity contribution in [2.75, 3.05) is 40.0 Å². The van der Waals surface area contributed by atoms with Crippen LogP contribution in [-0.4, -0.2) is 51.8 Å². The molecule has 0 fully saturated rings. The first-order valence-corrected chi connectivity index (χ1v) is 10.2. The average Bonchev–Trinajstić information content (AvgIpc) is 2.77. The summed E-state index contributed by atoms with van der Waals surface area (Å²) in [5.41, 5.74) is 2.83. The van der Waals surface area contributed by atoms with E-state index in [1.165, 1.54) is 0 Å². The number of nitrogens with zero attached hydrogens (tertiary/aromatic N) is 1. The summed E-state index contributed by atoms with van der Waals surface area (Å²) in [4.78, 5) is 16.3. The van der Waals surface area contributed by atoms with E-state index in [0.29, 0.717) is 51.0 Å². The molecule has 2 aromatic carbocycles. The summed E-state index contributed by atoms with van der Waals surface area (Å²) in [5.74, 6) is 1.41. The van der Waals surface area contributed by atoms with E-state index in [-0.39, 0.29) is 5.91 Å². The Balaban J connectivity index is 1.77. The zero-order chi connectivity index (χ0) is 21.6. The predicted molar refractivity (Wildman–Crippen MR) is 120 cm³/mol. The molecule has 0 saturated carbocycles. The van der Waals surface area contributed by atoms with E-state index in [1.54, 1.807) is 19.2 Å². The van der Waals surface area contributed by atoms with Gasteiger partial charge in [-0.1, -0.05) is 30.3 Å². The molecule has 0 bridgehead atoms. The smallest absolute Gasteiger partial charge is 0.251 e. The van der Waals surface area contributed by atoms with Crippen molar-refractivity contribution in [3.63, 3.8) is 0 Å². The molecule has 0 aromatic heterocycles. The largest absolute Gasteiger partial charge is 0.491 e. The van der Waals surface area contributed by atoms with Crippen LogP contribution in [0.15, 0.2) is 53.5 Å². The Hall–Kier alpha value is -3.06. The Bertz CT molecular complexity index is 809. The highest BCUT2D eigenvalue weighted by Crippen LogP contribution is 2.20. The Morgan fingerprint density at radius 3 is 2.50 bits per heavy atom. The minimum Gasteiger partial charge on any atom is -0.491 e. The lowest BCUT2D eigenvalue weighted by atomic mass is 10.1. The lowest BCUT2D eigenvalue weighted by Gasteiger charge is -2.16. The maximum absolute atomic E-state index is 12.1. The van der Waals surface area contributed by atoms with Crippen molar-refractivity contribution < 1.29 is 14.3 Å². The number of ether oxygens (including phenoxy) is 2. The lowest BCUT2D eigenvalue weighted by Crippen LogP contribution is -2.41. The van der Waals surface area contributed by atoms with Gasteiger partial charge in [0, 0.05) is 44.4 Å². The van der Waals surface area contributed by atoms with Gasteiger partial charge in [0.1, 0.15) is 12.4 Å². The standard InChI is InChI=1S/C23H32N4O3/c1-4-29-14-15-30-21-16-18(2)10-11-20(21)17-27-23(24-3)26-13-12-25-22(28)19-8-6-5-7-9-19/h5-11,16H,4,12-15,17H2,1-3H3,(H,25,28)(H2,24,26,27). The third kappa shape index (κ3) is 8.13. The number of aryl methyl sites for hydroxylation is 1. The summed E-state index contributed by atoms with van der Waals surface area (Å²) < 4.78 is 11.2. The van der Waals surface area contributed by atoms with Crippen molar-refractivity contribution in [1.29, 1.82) is 0 Å². The van der Waals surface area contributed by atoms with Crippen LogP contribution < -0.4 is 20.7 Å². The van der Waals surface area contributed by atoms with Gasteiger partial charge >= 0.3 is 0 Å². The van der Waals surface area contributed by atoms with E-state index >= 15 is 0 Å². The molecule has 3 N–H and O–H groups in total. The summed E-state index contributed by atoms with van der Waals surface area (Å²) >= 11 is 0. The second-order valence-corrected chi connectivity index (χ2v) is 6.63. The van der Waals surface area contributed by atoms with Crippen LogP contribution >= 0.6 is 0 Å². The molecule has 0 radical (unpaired) electrons. The first-order chi connectivity index (χ1) is 14.6. The maximum atomic E-state index is 12.1. The van der Waals surface area contributed by atoms with Crippen LogP contribution in [0.1, 0.15) is 28.4 Å². The molecular formula is C23H32N4O3. The molecule has 0 aliphatic carbocycles. The van der Waals surface area contributed by atoms with Crippen molar-refractivity contribution in [3.8, 4) is 5.75 Å². The minimum atomic E-state index is -0.0890. The van der Waals surface area contributed by atoms with Crippen LogP contribution in [0.3, 0.4) is 0 Å². The summed E-state index contributed by atoms with van der Waals surface area (Å²) in [5, 5.41) is 9.37. The normalized spacial score (nSPS) is 11.1. The SMILES string of the molecule is CCOCCOc1cc(C)ccc1CNC(=NC)NCCNC(=O)c1ccccc1. The predicted octanol–water partition coefficient (Wildman–Crippen LogP) is 2.51. The van der Waals surface area contributed by atoms with Gasteiger partial charge in [-0.15, -0.1) is 0 Å². The summed E-state index contributed by atoms with van der Waals surface area (Å²) in [6, 6.07) is 15.3. The molecule has 162 valence electrons. The van der Waals surface area contributed by atoms with Gasteiger partial charge in [0.2, 0.25) is 0 Å². The Morgan fingerprint density at radius 2 is 1.77 bits per heavy atom. The molecule has 2 aromatic rings. The second kappa shape index (κ2) is 13.2. The van der Waals surface area contributed by atoms with Crippen molar-refractivity contribution >= 4 is 11.9 Å². The summed E-state index contributed by atoms with van der Waals surface area (Å²) in [6.45, 7) is 7.38. The van der Waals surface area contributed by atoms with Crippen molar-refractivity contribution in [2.24, 2.45) is 4.99 Å². The summed E-state index contributed by atoms with van der Waals surface area (Å²) in [6.07, 6.45) is 0. The number of hydrogen-bond donors (Lipinski definition) is 3. The van der Waals surface area contributed by atoms with Gasteiger partial charge < -0.3 is 25.4 Å². The van der Waals surface area contributed by atoms with Gasteiger partial charge in [-0.2, -0.15) is 0 Å². The van der Waals surface area contributed by atoms with E-state index in [4.69, 9.17) is 9.47 Å². The van der Waals surface area contributed by atoms with Crippen LogP contribution in [0.25, 0.3) is 0 Å². The summed E-state index contributed by atoms with van der Waals surface area (Å²) in [7, 11) is 1.71. The Labute approximate surface area is 178 Å². The fourth-order valence-corrected chi connectivity index (χ4v) is 2.75. The number of carbonyl (C=O) groups excluding carboxylic acids is 1. The Morgan fingerprint density at radius 1 is 1.00 bits per heavy atom. The van der Waals surface area contributed by atoms with E-state index in [2.05, 4.69) is 27.0 Å². The fourth-order valence-electron chi connectivity index (χ4n) is 2.75. The van der Waals surface area contributed by atoms with Gasteiger partial charge in [-0.3, -0.25) is 9.79 Å². The third-order valence-electron chi connectivity index (χ3n) is 4.32. The van der Waals surface area contributed by atoms with E-state index in [9.17, 15) is 4.79 Å². The zero-order valence-corrected chi connectivity index (χ0v) is 18.0. The number of hydrogen-bond acceptors (Lipinski definition) is 4. The van der Waals surface area contributed by atoms with Gasteiger partial charge in [0.15, 0.2) is 5.96 Å². The van der Waals surface area contributed by atoms with Crippen LogP contribution in [0.4, 0.5) is 0 Å². The quantitative estimate of drug-likeness (QED) is 0.300. The molecule has 7 heteroatoms. The maximum Gasteiger partial charge on any atom is 0.251 e. The number of benzene rings is 2. The average molecular weight is 413 g/mol. The van der Waals surface area contributed by atoms with Crippen LogP contribution in [-0.2, 0) is 11.3 Å². The van der Waals surface area contributed by atoms with E-state index in [0.717, 1.165) is 16.9 Å². The Kier molecular flexibility index (Phi) is 10.2. The molecule has 0 aliphatic heterocycles. The minimum absolute atomic E-state index is 0.0890. The topological polar surface area (TPSA) is 84.0 Å². The van der Waals surface area contributed by atoms with Gasteiger partial charge in [0.25, 0.3) is 5.91 Å². The highest BCUT2D eigenvalue weighted by Gasteiger charge is 2.07. The lowest BCUT2D eigenvalue weighted by molar-refractivity contribution is 0.0954. The van der Waals surface area contributed by atoms with Crippen molar-refractivity contribution in [3.05, 3.63) is 65.2 Å². The van der Waals surface area contributed by atoms with Crippen LogP contribution in [0.5, 0.6) is 5.75 Å². The number of guanidine groups is 1. The molecule has 0 saturated heterocycles. The molecule has 1 amide bonds. The third-order valence-corrected chi connectivity index (χ3v) is 4.32. The molecule has 0 spiro atoms. The number of rotatable bonds is 11. The number of amides is 1. The number of carbonyl (C=O) groups is 1. The van der Waals surface area contributed by atoms with Crippen molar-refractivity contribution in [1.82, 2.24) is 16.0 Å². The number of nitrogens with one attached hydrogen (secondary N) is 3. The molecule has 0 unspecified atom stereocenters. The first kappa shape index (κ1) is 23.2. The molecule has 0 atom stereocenters. The molecule has 0 aliphatic rings. The molecule has 0 heterocycles. The van der Waals surface area contributed by atoms with Crippen molar-refractivity contribution in [2.45, 2.75) is 20.4 Å². The monoisotopic (exact) mass is 412 g/mol. The molecule has 30 heavy (non-hydrogen) atoms. The van der Waals surface area contributed by atoms with Gasteiger partial charge in [0.05, 0.1) is 6.61 Å². The zero-order valence-electron chi connectivity index (χ0n) is 18.0. The highest BCUT2D eigenvalue weighted by atomic mass is 16.5.